The van der Waals surface area contributed by atoms with Gasteiger partial charge in [0.2, 0.25) is 0 Å². The maximum atomic E-state index is 12.4. The second-order valence-electron chi connectivity index (χ2n) is 6.35. The minimum atomic E-state index is -0.453. The highest BCUT2D eigenvalue weighted by Crippen LogP contribution is 2.44. The lowest BCUT2D eigenvalue weighted by molar-refractivity contribution is 0.0522. The molecule has 0 amide bonds. The molecule has 0 saturated carbocycles. The molecule has 0 bridgehead atoms. The fourth-order valence-electron chi connectivity index (χ4n) is 3.79. The summed E-state index contributed by atoms with van der Waals surface area (Å²) in [5, 5.41) is 10.9. The average molecular weight is 359 g/mol. The summed E-state index contributed by atoms with van der Waals surface area (Å²) in [5.74, 6) is 0.112. The minimum Gasteiger partial charge on any atom is -0.507 e. The van der Waals surface area contributed by atoms with E-state index in [-0.39, 0.29) is 12.4 Å². The Morgan fingerprint density at radius 2 is 2.04 bits per heavy atom. The van der Waals surface area contributed by atoms with E-state index in [1.54, 1.807) is 6.92 Å². The van der Waals surface area contributed by atoms with Crippen LogP contribution in [0, 0.1) is 6.92 Å². The molecule has 132 valence electrons. The topological polar surface area (TPSA) is 46.5 Å². The van der Waals surface area contributed by atoms with Crippen LogP contribution in [0.5, 0.6) is 5.75 Å². The Morgan fingerprint density at radius 1 is 1.28 bits per heavy atom. The molecule has 1 aliphatic carbocycles. The third kappa shape index (κ3) is 3.13. The van der Waals surface area contributed by atoms with E-state index >= 15 is 0 Å². The highest BCUT2D eigenvalue weighted by Gasteiger charge is 2.29. The van der Waals surface area contributed by atoms with Crippen molar-refractivity contribution in [2.24, 2.45) is 0 Å². The van der Waals surface area contributed by atoms with Crippen LogP contribution >= 0.6 is 11.6 Å². The summed E-state index contributed by atoms with van der Waals surface area (Å²) in [7, 11) is 0. The van der Waals surface area contributed by atoms with Gasteiger partial charge in [0, 0.05) is 11.4 Å². The molecule has 3 rings (SSSR count). The van der Waals surface area contributed by atoms with Crippen LogP contribution < -0.4 is 0 Å². The zero-order valence-electron chi connectivity index (χ0n) is 14.7. The first-order valence-electron chi connectivity index (χ1n) is 8.78. The van der Waals surface area contributed by atoms with Gasteiger partial charge in [0.05, 0.1) is 6.61 Å². The monoisotopic (exact) mass is 358 g/mol. The van der Waals surface area contributed by atoms with Crippen molar-refractivity contribution in [3.05, 3.63) is 52.1 Å². The van der Waals surface area contributed by atoms with E-state index in [4.69, 9.17) is 16.3 Å². The minimum absolute atomic E-state index is 0.0523. The summed E-state index contributed by atoms with van der Waals surface area (Å²) in [6.07, 6.45) is 3.18. The molecule has 0 radical (unpaired) electrons. The van der Waals surface area contributed by atoms with Gasteiger partial charge < -0.3 is 9.84 Å². The van der Waals surface area contributed by atoms with Gasteiger partial charge in [0.1, 0.15) is 11.3 Å². The molecule has 0 atom stereocenters. The highest BCUT2D eigenvalue weighted by atomic mass is 35.5. The van der Waals surface area contributed by atoms with Crippen LogP contribution in [0.1, 0.15) is 46.0 Å². The van der Waals surface area contributed by atoms with E-state index < -0.39 is 5.97 Å². The Morgan fingerprint density at radius 3 is 2.76 bits per heavy atom. The first kappa shape index (κ1) is 17.8. The third-order valence-electron chi connectivity index (χ3n) is 4.92. The van der Waals surface area contributed by atoms with Crippen LogP contribution in [0.2, 0.25) is 0 Å². The molecule has 0 spiro atoms. The number of ether oxygens (including phenoxy) is 1. The summed E-state index contributed by atoms with van der Waals surface area (Å²) in [5.41, 5.74) is 6.61. The molecular formula is C21H23ClO3. The summed E-state index contributed by atoms with van der Waals surface area (Å²) in [4.78, 5) is 12.4. The van der Waals surface area contributed by atoms with E-state index in [1.807, 2.05) is 19.1 Å². The van der Waals surface area contributed by atoms with Crippen molar-refractivity contribution in [1.29, 1.82) is 0 Å². The number of rotatable bonds is 5. The zero-order chi connectivity index (χ0) is 18.0. The number of halogens is 1. The number of alkyl halides is 1. The maximum absolute atomic E-state index is 12.4. The average Bonchev–Trinajstić information content (AvgIpc) is 2.61. The van der Waals surface area contributed by atoms with Gasteiger partial charge in [-0.05, 0) is 67.3 Å². The van der Waals surface area contributed by atoms with Crippen LogP contribution in [-0.2, 0) is 24.0 Å². The van der Waals surface area contributed by atoms with E-state index in [2.05, 4.69) is 12.1 Å². The molecule has 2 aromatic carbocycles. The number of hydrogen-bond donors (Lipinski definition) is 1. The Kier molecular flexibility index (Phi) is 5.33. The molecule has 1 N–H and O–H groups in total. The number of hydrogen-bond acceptors (Lipinski definition) is 3. The zero-order valence-corrected chi connectivity index (χ0v) is 15.4. The van der Waals surface area contributed by atoms with Crippen LogP contribution in [0.4, 0.5) is 0 Å². The Balaban J connectivity index is 2.28. The third-order valence-corrected chi connectivity index (χ3v) is 5.19. The summed E-state index contributed by atoms with van der Waals surface area (Å²) in [6, 6.07) is 8.29. The van der Waals surface area contributed by atoms with Gasteiger partial charge >= 0.3 is 5.97 Å². The Hall–Kier alpha value is -2.00. The largest absolute Gasteiger partial charge is 0.507 e. The van der Waals surface area contributed by atoms with Gasteiger partial charge in [-0.3, -0.25) is 0 Å². The van der Waals surface area contributed by atoms with Crippen LogP contribution in [0.25, 0.3) is 11.1 Å². The lowest BCUT2D eigenvalue weighted by atomic mass is 9.78. The predicted octanol–water partition coefficient (Wildman–Crippen LogP) is 4.81. The number of benzene rings is 2. The van der Waals surface area contributed by atoms with Crippen LogP contribution in [-0.4, -0.2) is 23.6 Å². The van der Waals surface area contributed by atoms with E-state index in [1.165, 1.54) is 5.56 Å². The van der Waals surface area contributed by atoms with Gasteiger partial charge in [-0.15, -0.1) is 11.6 Å². The van der Waals surface area contributed by atoms with Gasteiger partial charge in [-0.2, -0.15) is 0 Å². The molecule has 0 aliphatic heterocycles. The van der Waals surface area contributed by atoms with Gasteiger partial charge in [0.25, 0.3) is 0 Å². The number of phenols is 1. The smallest absolute Gasteiger partial charge is 0.342 e. The molecule has 4 heteroatoms. The molecule has 0 unspecified atom stereocenters. The molecule has 0 heterocycles. The fraction of sp³-hybridized carbons (Fsp3) is 0.381. The first-order chi connectivity index (χ1) is 12.1. The molecule has 0 fully saturated rings. The molecule has 3 nitrogen and oxygen atoms in total. The van der Waals surface area contributed by atoms with Crippen molar-refractivity contribution >= 4 is 17.6 Å². The van der Waals surface area contributed by atoms with E-state index in [9.17, 15) is 9.90 Å². The molecule has 0 saturated heterocycles. The van der Waals surface area contributed by atoms with Crippen molar-refractivity contribution in [2.45, 2.75) is 39.5 Å². The Bertz CT molecular complexity index is 811. The van der Waals surface area contributed by atoms with Gasteiger partial charge in [-0.1, -0.05) is 24.3 Å². The molecular weight excluding hydrogens is 336 g/mol. The highest BCUT2D eigenvalue weighted by molar-refractivity contribution is 6.17. The summed E-state index contributed by atoms with van der Waals surface area (Å²) >= 11 is 5.90. The summed E-state index contributed by atoms with van der Waals surface area (Å²) in [6.45, 7) is 3.96. The standard InChI is InChI=1S/C21H23ClO3/c1-3-25-21(24)18-13(2)15-11-10-14-7-4-5-8-16(14)19(15)17(20(18)23)9-6-12-22/h4-5,7-8,23H,3,6,9-12H2,1-2H3. The number of aromatic hydroxyl groups is 1. The second kappa shape index (κ2) is 7.49. The number of phenolic OH excluding ortho intramolecular Hbond substituents is 1. The van der Waals surface area contributed by atoms with Crippen molar-refractivity contribution < 1.29 is 14.6 Å². The quantitative estimate of drug-likeness (QED) is 0.616. The fourth-order valence-corrected chi connectivity index (χ4v) is 3.92. The van der Waals surface area contributed by atoms with Crippen molar-refractivity contribution in [1.82, 2.24) is 0 Å². The van der Waals surface area contributed by atoms with Crippen molar-refractivity contribution in [3.63, 3.8) is 0 Å². The maximum Gasteiger partial charge on any atom is 0.342 e. The normalized spacial score (nSPS) is 12.4. The van der Waals surface area contributed by atoms with E-state index in [0.717, 1.165) is 47.1 Å². The van der Waals surface area contributed by atoms with Crippen LogP contribution in [0.3, 0.4) is 0 Å². The van der Waals surface area contributed by atoms with Crippen molar-refractivity contribution in [3.8, 4) is 16.9 Å². The molecule has 25 heavy (non-hydrogen) atoms. The number of carbonyl (C=O) groups is 1. The predicted molar refractivity (Wildman–Crippen MR) is 101 cm³/mol. The van der Waals surface area contributed by atoms with Crippen LogP contribution in [0.15, 0.2) is 24.3 Å². The SMILES string of the molecule is CCOC(=O)c1c(C)c2c(c(CCCCl)c1O)-c1ccccc1CC2. The first-order valence-corrected chi connectivity index (χ1v) is 9.32. The van der Waals surface area contributed by atoms with Gasteiger partial charge in [0.15, 0.2) is 0 Å². The summed E-state index contributed by atoms with van der Waals surface area (Å²) < 4.78 is 5.18. The number of carbonyl (C=O) groups excluding carboxylic acids is 1. The van der Waals surface area contributed by atoms with E-state index in [0.29, 0.717) is 17.9 Å². The number of aryl methyl sites for hydroxylation is 1. The molecule has 1 aliphatic rings. The molecule has 2 aromatic rings. The second-order valence-corrected chi connectivity index (χ2v) is 6.73. The molecule has 0 aromatic heterocycles. The number of esters is 1. The lowest BCUT2D eigenvalue weighted by Crippen LogP contribution is -2.15. The Labute approximate surface area is 153 Å². The lowest BCUT2D eigenvalue weighted by Gasteiger charge is -2.27. The number of fused-ring (bicyclic) bond motifs is 3. The van der Waals surface area contributed by atoms with Crippen molar-refractivity contribution in [2.75, 3.05) is 12.5 Å². The van der Waals surface area contributed by atoms with Gasteiger partial charge in [-0.25, -0.2) is 4.79 Å².